The van der Waals surface area contributed by atoms with E-state index in [1.165, 1.54) is 0 Å². The van der Waals surface area contributed by atoms with Crippen molar-refractivity contribution >= 4 is 44.9 Å². The summed E-state index contributed by atoms with van der Waals surface area (Å²) in [6, 6.07) is 15.3. The molecule has 0 spiro atoms. The number of benzene rings is 2. The molecule has 4 rings (SSSR count). The zero-order valence-corrected chi connectivity index (χ0v) is 17.4. The number of nitrogens with one attached hydrogen (secondary N) is 1. The van der Waals surface area contributed by atoms with Gasteiger partial charge in [0.05, 0.1) is 17.6 Å². The van der Waals surface area contributed by atoms with Crippen LogP contribution in [0.25, 0.3) is 6.08 Å². The Morgan fingerprint density at radius 3 is 2.55 bits per heavy atom. The molecule has 3 aromatic rings. The highest BCUT2D eigenvalue weighted by atomic mass is 79.9. The van der Waals surface area contributed by atoms with E-state index in [4.69, 9.17) is 4.74 Å². The highest BCUT2D eigenvalue weighted by Crippen LogP contribution is 2.26. The second kappa shape index (κ2) is 8.62. The molecule has 0 radical (unpaired) electrons. The van der Waals surface area contributed by atoms with Crippen LogP contribution in [0.1, 0.15) is 16.8 Å². The molecule has 0 unspecified atom stereocenters. The molecule has 1 fully saturated rings. The zero-order valence-electron chi connectivity index (χ0n) is 15.0. The van der Waals surface area contributed by atoms with E-state index in [1.807, 2.05) is 42.6 Å². The lowest BCUT2D eigenvalue weighted by Gasteiger charge is -2.04. The van der Waals surface area contributed by atoms with Crippen LogP contribution >= 0.6 is 27.7 Å². The van der Waals surface area contributed by atoms with Crippen molar-refractivity contribution in [3.8, 4) is 5.75 Å². The minimum Gasteiger partial charge on any atom is -0.487 e. The SMILES string of the molecule is O=C1NC(=O)/C(=C/c2ccc(OCc3cn(Cc4ccc(Br)cc4)nn3)cc2)S1. The molecule has 7 nitrogen and oxygen atoms in total. The number of imide groups is 1. The quantitative estimate of drug-likeness (QED) is 0.548. The van der Waals surface area contributed by atoms with E-state index >= 15 is 0 Å². The third kappa shape index (κ3) is 5.12. The third-order valence-electron chi connectivity index (χ3n) is 4.05. The predicted octanol–water partition coefficient (Wildman–Crippen LogP) is 3.99. The van der Waals surface area contributed by atoms with Gasteiger partial charge in [0, 0.05) is 4.47 Å². The van der Waals surface area contributed by atoms with Gasteiger partial charge in [-0.1, -0.05) is 45.4 Å². The van der Waals surface area contributed by atoms with Crippen LogP contribution in [0.3, 0.4) is 0 Å². The third-order valence-corrected chi connectivity index (χ3v) is 5.39. The Morgan fingerprint density at radius 1 is 1.10 bits per heavy atom. The molecule has 29 heavy (non-hydrogen) atoms. The molecule has 2 amide bonds. The zero-order chi connectivity index (χ0) is 20.2. The average molecular weight is 471 g/mol. The summed E-state index contributed by atoms with van der Waals surface area (Å²) in [4.78, 5) is 23.2. The van der Waals surface area contributed by atoms with Crippen LogP contribution < -0.4 is 10.1 Å². The number of aromatic nitrogens is 3. The fourth-order valence-electron chi connectivity index (χ4n) is 2.65. The monoisotopic (exact) mass is 470 g/mol. The van der Waals surface area contributed by atoms with Crippen LogP contribution in [0.5, 0.6) is 5.75 Å². The number of hydrogen-bond donors (Lipinski definition) is 1. The number of hydrogen-bond acceptors (Lipinski definition) is 6. The van der Waals surface area contributed by atoms with Gasteiger partial charge in [-0.05, 0) is 53.2 Å². The van der Waals surface area contributed by atoms with Crippen LogP contribution in [-0.4, -0.2) is 26.1 Å². The van der Waals surface area contributed by atoms with Gasteiger partial charge >= 0.3 is 0 Å². The maximum Gasteiger partial charge on any atom is 0.290 e. The van der Waals surface area contributed by atoms with E-state index in [1.54, 1.807) is 22.9 Å². The summed E-state index contributed by atoms with van der Waals surface area (Å²) in [6.07, 6.45) is 3.52. The van der Waals surface area contributed by atoms with Gasteiger partial charge in [0.25, 0.3) is 11.1 Å². The number of carbonyl (C=O) groups excluding carboxylic acids is 2. The Bertz CT molecular complexity index is 1080. The molecule has 0 saturated carbocycles. The number of amides is 2. The molecule has 2 aromatic carbocycles. The Balaban J connectivity index is 1.33. The van der Waals surface area contributed by atoms with Gasteiger partial charge in [0.1, 0.15) is 18.1 Å². The maximum atomic E-state index is 11.6. The first-order valence-electron chi connectivity index (χ1n) is 8.66. The van der Waals surface area contributed by atoms with Gasteiger partial charge in [-0.3, -0.25) is 14.9 Å². The number of carbonyl (C=O) groups is 2. The van der Waals surface area contributed by atoms with Gasteiger partial charge in [0.15, 0.2) is 0 Å². The second-order valence-corrected chi connectivity index (χ2v) is 8.17. The lowest BCUT2D eigenvalue weighted by Crippen LogP contribution is -2.17. The van der Waals surface area contributed by atoms with Crippen molar-refractivity contribution in [2.75, 3.05) is 0 Å². The number of nitrogens with zero attached hydrogens (tertiary/aromatic N) is 3. The van der Waals surface area contributed by atoms with Crippen LogP contribution in [0, 0.1) is 0 Å². The number of halogens is 1. The van der Waals surface area contributed by atoms with Gasteiger partial charge in [0.2, 0.25) is 0 Å². The standard InChI is InChI=1S/C20H15BrN4O3S/c21-15-5-1-14(2-6-15)10-25-11-16(23-24-25)12-28-17-7-3-13(4-8-17)9-18-19(26)22-20(27)29-18/h1-9,11H,10,12H2,(H,22,26,27)/b18-9-. The van der Waals surface area contributed by atoms with Gasteiger partial charge in [-0.2, -0.15) is 0 Å². The smallest absolute Gasteiger partial charge is 0.290 e. The van der Waals surface area contributed by atoms with Crippen molar-refractivity contribution in [3.63, 3.8) is 0 Å². The van der Waals surface area contributed by atoms with Gasteiger partial charge in [-0.25, -0.2) is 4.68 Å². The van der Waals surface area contributed by atoms with Crippen molar-refractivity contribution in [2.24, 2.45) is 0 Å². The molecule has 1 aromatic heterocycles. The Morgan fingerprint density at radius 2 is 1.86 bits per heavy atom. The highest BCUT2D eigenvalue weighted by Gasteiger charge is 2.24. The predicted molar refractivity (Wildman–Crippen MR) is 113 cm³/mol. The van der Waals surface area contributed by atoms with Crippen molar-refractivity contribution < 1.29 is 14.3 Å². The van der Waals surface area contributed by atoms with Crippen LogP contribution in [-0.2, 0) is 17.9 Å². The molecular formula is C20H15BrN4O3S. The summed E-state index contributed by atoms with van der Waals surface area (Å²) < 4.78 is 8.56. The highest BCUT2D eigenvalue weighted by molar-refractivity contribution is 9.10. The van der Waals surface area contributed by atoms with E-state index < -0.39 is 0 Å². The second-order valence-electron chi connectivity index (χ2n) is 6.24. The normalized spacial score (nSPS) is 15.0. The van der Waals surface area contributed by atoms with E-state index in [0.29, 0.717) is 23.8 Å². The molecule has 0 aliphatic carbocycles. The van der Waals surface area contributed by atoms with Crippen LogP contribution in [0.2, 0.25) is 0 Å². The lowest BCUT2D eigenvalue weighted by atomic mass is 10.2. The summed E-state index contributed by atoms with van der Waals surface area (Å²) in [7, 11) is 0. The fraction of sp³-hybridized carbons (Fsp3) is 0.100. The summed E-state index contributed by atoms with van der Waals surface area (Å²) >= 11 is 4.32. The summed E-state index contributed by atoms with van der Waals surface area (Å²) in [5.74, 6) is 0.306. The van der Waals surface area contributed by atoms with Gasteiger partial charge < -0.3 is 4.74 Å². The lowest BCUT2D eigenvalue weighted by molar-refractivity contribution is -0.115. The largest absolute Gasteiger partial charge is 0.487 e. The molecule has 146 valence electrons. The number of thioether (sulfide) groups is 1. The topological polar surface area (TPSA) is 86.1 Å². The first kappa shape index (κ1) is 19.4. The fourth-order valence-corrected chi connectivity index (χ4v) is 3.60. The number of rotatable bonds is 6. The Labute approximate surface area is 179 Å². The summed E-state index contributed by atoms with van der Waals surface area (Å²) in [5, 5.41) is 10.1. The molecule has 0 atom stereocenters. The minimum atomic E-state index is -0.369. The molecule has 1 aliphatic heterocycles. The van der Waals surface area contributed by atoms with E-state index in [0.717, 1.165) is 33.1 Å². The molecular weight excluding hydrogens is 456 g/mol. The van der Waals surface area contributed by atoms with E-state index in [9.17, 15) is 9.59 Å². The van der Waals surface area contributed by atoms with E-state index in [2.05, 4.69) is 31.6 Å². The molecule has 1 aliphatic rings. The summed E-state index contributed by atoms with van der Waals surface area (Å²) in [6.45, 7) is 0.936. The van der Waals surface area contributed by atoms with Crippen molar-refractivity contribution in [1.29, 1.82) is 0 Å². The van der Waals surface area contributed by atoms with Crippen molar-refractivity contribution in [2.45, 2.75) is 13.2 Å². The first-order valence-corrected chi connectivity index (χ1v) is 10.3. The van der Waals surface area contributed by atoms with Crippen LogP contribution in [0.15, 0.2) is 64.1 Å². The summed E-state index contributed by atoms with van der Waals surface area (Å²) in [5.41, 5.74) is 2.67. The van der Waals surface area contributed by atoms with Gasteiger partial charge in [-0.15, -0.1) is 5.10 Å². The molecule has 2 heterocycles. The molecule has 9 heteroatoms. The Hall–Kier alpha value is -2.91. The van der Waals surface area contributed by atoms with Crippen LogP contribution in [0.4, 0.5) is 4.79 Å². The minimum absolute atomic E-state index is 0.299. The molecule has 0 bridgehead atoms. The van der Waals surface area contributed by atoms with E-state index in [-0.39, 0.29) is 11.1 Å². The number of ether oxygens (including phenoxy) is 1. The average Bonchev–Trinajstić information content (AvgIpc) is 3.28. The first-order chi connectivity index (χ1) is 14.0. The van der Waals surface area contributed by atoms with Crippen molar-refractivity contribution in [3.05, 3.63) is 80.9 Å². The maximum absolute atomic E-state index is 11.6. The Kier molecular flexibility index (Phi) is 5.77. The van der Waals surface area contributed by atoms with Crippen molar-refractivity contribution in [1.82, 2.24) is 20.3 Å². The molecule has 1 N–H and O–H groups in total. The molecule has 1 saturated heterocycles.